The van der Waals surface area contributed by atoms with Crippen LogP contribution in [0.2, 0.25) is 0 Å². The number of hydrogen-bond acceptors (Lipinski definition) is 4. The summed E-state index contributed by atoms with van der Waals surface area (Å²) < 4.78 is 1.71. The molecule has 2 heterocycles. The number of carbonyl (C=O) groups is 1. The first-order valence-corrected chi connectivity index (χ1v) is 6.48. The number of likely N-dealkylation sites (tertiary alicyclic amines) is 1. The minimum absolute atomic E-state index is 0.0875. The largest absolute Gasteiger partial charge is 0.353 e. The van der Waals surface area contributed by atoms with Crippen molar-refractivity contribution in [3.8, 4) is 0 Å². The monoisotopic (exact) mass is 251 g/mol. The normalized spacial score (nSPS) is 17.0. The van der Waals surface area contributed by atoms with E-state index in [0.717, 1.165) is 13.1 Å². The van der Waals surface area contributed by atoms with Crippen LogP contribution in [0.4, 0.5) is 0 Å². The summed E-state index contributed by atoms with van der Waals surface area (Å²) in [5, 5.41) is 10.6. The molecule has 100 valence electrons. The van der Waals surface area contributed by atoms with Gasteiger partial charge >= 0.3 is 0 Å². The van der Waals surface area contributed by atoms with E-state index in [1.807, 2.05) is 13.8 Å². The Hall–Kier alpha value is -1.43. The topological polar surface area (TPSA) is 63.1 Å². The third-order valence-electron chi connectivity index (χ3n) is 3.55. The van der Waals surface area contributed by atoms with Gasteiger partial charge in [0, 0.05) is 12.7 Å². The lowest BCUT2D eigenvalue weighted by atomic mass is 10.0. The third kappa shape index (κ3) is 2.87. The van der Waals surface area contributed by atoms with Gasteiger partial charge in [0.25, 0.3) is 0 Å². The maximum absolute atomic E-state index is 12.2. The van der Waals surface area contributed by atoms with Gasteiger partial charge in [-0.2, -0.15) is 0 Å². The van der Waals surface area contributed by atoms with Gasteiger partial charge in [0.2, 0.25) is 5.91 Å². The lowest BCUT2D eigenvalue weighted by Crippen LogP contribution is -2.54. The maximum atomic E-state index is 12.2. The number of nitrogens with one attached hydrogen (secondary N) is 1. The molecule has 0 radical (unpaired) electrons. The number of rotatable bonds is 5. The summed E-state index contributed by atoms with van der Waals surface area (Å²) in [7, 11) is 0. The quantitative estimate of drug-likeness (QED) is 0.816. The molecule has 0 aromatic carbocycles. The Labute approximate surface area is 107 Å². The lowest BCUT2D eigenvalue weighted by Gasteiger charge is -2.33. The van der Waals surface area contributed by atoms with Gasteiger partial charge in [0.05, 0.1) is 18.3 Å². The van der Waals surface area contributed by atoms with Gasteiger partial charge in [-0.05, 0) is 39.8 Å². The number of aromatic nitrogens is 3. The highest BCUT2D eigenvalue weighted by molar-refractivity contribution is 5.85. The standard InChI is InChI=1S/C12H21N5O/c1-12(2,16-7-3-4-8-16)11(18)13-5-9-17-10-6-14-15-17/h6,10H,3-5,7-9H2,1-2H3,(H,13,18). The van der Waals surface area contributed by atoms with Crippen molar-refractivity contribution in [2.75, 3.05) is 19.6 Å². The zero-order chi connectivity index (χ0) is 13.0. The summed E-state index contributed by atoms with van der Waals surface area (Å²) >= 11 is 0. The highest BCUT2D eigenvalue weighted by Gasteiger charge is 2.35. The fourth-order valence-electron chi connectivity index (χ4n) is 2.27. The molecular formula is C12H21N5O. The van der Waals surface area contributed by atoms with E-state index >= 15 is 0 Å². The molecule has 18 heavy (non-hydrogen) atoms. The fourth-order valence-corrected chi connectivity index (χ4v) is 2.27. The molecule has 0 bridgehead atoms. The minimum Gasteiger partial charge on any atom is -0.353 e. The van der Waals surface area contributed by atoms with Crippen molar-refractivity contribution >= 4 is 5.91 Å². The van der Waals surface area contributed by atoms with E-state index in [1.165, 1.54) is 12.8 Å². The van der Waals surface area contributed by atoms with Crippen molar-refractivity contribution in [2.45, 2.75) is 38.8 Å². The summed E-state index contributed by atoms with van der Waals surface area (Å²) in [5.41, 5.74) is -0.418. The lowest BCUT2D eigenvalue weighted by molar-refractivity contribution is -0.131. The van der Waals surface area contributed by atoms with Crippen LogP contribution in [0.15, 0.2) is 12.4 Å². The first-order chi connectivity index (χ1) is 8.60. The molecule has 1 aliphatic heterocycles. The van der Waals surface area contributed by atoms with E-state index in [2.05, 4.69) is 20.5 Å². The van der Waals surface area contributed by atoms with Gasteiger partial charge in [0.1, 0.15) is 0 Å². The molecule has 0 aliphatic carbocycles. The summed E-state index contributed by atoms with van der Waals surface area (Å²) in [6.45, 7) is 7.25. The van der Waals surface area contributed by atoms with E-state index in [0.29, 0.717) is 13.1 Å². The van der Waals surface area contributed by atoms with Gasteiger partial charge in [-0.1, -0.05) is 5.21 Å². The molecular weight excluding hydrogens is 230 g/mol. The molecule has 1 amide bonds. The van der Waals surface area contributed by atoms with Crippen LogP contribution in [0, 0.1) is 0 Å². The summed E-state index contributed by atoms with van der Waals surface area (Å²) in [6.07, 6.45) is 5.80. The van der Waals surface area contributed by atoms with Crippen LogP contribution in [0.1, 0.15) is 26.7 Å². The van der Waals surface area contributed by atoms with Crippen molar-refractivity contribution in [2.24, 2.45) is 0 Å². The number of carbonyl (C=O) groups excluding carboxylic acids is 1. The Morgan fingerprint density at radius 1 is 1.39 bits per heavy atom. The Kier molecular flexibility index (Phi) is 3.96. The Morgan fingerprint density at radius 2 is 2.11 bits per heavy atom. The van der Waals surface area contributed by atoms with Crippen LogP contribution in [0.25, 0.3) is 0 Å². The van der Waals surface area contributed by atoms with Crippen LogP contribution in [-0.4, -0.2) is 51.0 Å². The Morgan fingerprint density at radius 3 is 2.72 bits per heavy atom. The average molecular weight is 251 g/mol. The van der Waals surface area contributed by atoms with Crippen molar-refractivity contribution in [1.29, 1.82) is 0 Å². The molecule has 1 aliphatic rings. The van der Waals surface area contributed by atoms with Gasteiger partial charge in [0.15, 0.2) is 0 Å². The molecule has 1 aromatic heterocycles. The second-order valence-electron chi connectivity index (χ2n) is 5.18. The van der Waals surface area contributed by atoms with Crippen molar-refractivity contribution in [3.05, 3.63) is 12.4 Å². The molecule has 1 N–H and O–H groups in total. The predicted molar refractivity (Wildman–Crippen MR) is 67.9 cm³/mol. The second-order valence-corrected chi connectivity index (χ2v) is 5.18. The van der Waals surface area contributed by atoms with Crippen molar-refractivity contribution in [1.82, 2.24) is 25.2 Å². The molecule has 6 heteroatoms. The summed E-state index contributed by atoms with van der Waals surface area (Å²) in [6, 6.07) is 0. The molecule has 0 atom stereocenters. The van der Waals surface area contributed by atoms with Gasteiger partial charge in [-0.15, -0.1) is 5.10 Å². The van der Waals surface area contributed by atoms with E-state index in [9.17, 15) is 4.79 Å². The zero-order valence-corrected chi connectivity index (χ0v) is 11.1. The maximum Gasteiger partial charge on any atom is 0.240 e. The van der Waals surface area contributed by atoms with E-state index < -0.39 is 5.54 Å². The number of nitrogens with zero attached hydrogens (tertiary/aromatic N) is 4. The molecule has 6 nitrogen and oxygen atoms in total. The van der Waals surface area contributed by atoms with Crippen LogP contribution < -0.4 is 5.32 Å². The van der Waals surface area contributed by atoms with Crippen molar-refractivity contribution in [3.63, 3.8) is 0 Å². The molecule has 1 fully saturated rings. The van der Waals surface area contributed by atoms with Crippen LogP contribution in [-0.2, 0) is 11.3 Å². The Bertz CT molecular complexity index is 381. The highest BCUT2D eigenvalue weighted by atomic mass is 16.2. The van der Waals surface area contributed by atoms with Gasteiger partial charge in [-0.25, -0.2) is 0 Å². The number of hydrogen-bond donors (Lipinski definition) is 1. The molecule has 0 spiro atoms. The Balaban J connectivity index is 1.79. The molecule has 2 rings (SSSR count). The van der Waals surface area contributed by atoms with E-state index in [1.54, 1.807) is 17.1 Å². The molecule has 0 unspecified atom stereocenters. The highest BCUT2D eigenvalue weighted by Crippen LogP contribution is 2.20. The zero-order valence-electron chi connectivity index (χ0n) is 11.1. The average Bonchev–Trinajstić information content (AvgIpc) is 3.02. The SMILES string of the molecule is CC(C)(C(=O)NCCn1ccnn1)N1CCCC1. The van der Waals surface area contributed by atoms with Gasteiger partial charge < -0.3 is 5.32 Å². The predicted octanol–water partition coefficient (Wildman–Crippen LogP) is 0.269. The number of amides is 1. The van der Waals surface area contributed by atoms with Crippen LogP contribution in [0.5, 0.6) is 0 Å². The van der Waals surface area contributed by atoms with E-state index in [-0.39, 0.29) is 5.91 Å². The van der Waals surface area contributed by atoms with Crippen molar-refractivity contribution < 1.29 is 4.79 Å². The molecule has 1 aromatic rings. The molecule has 1 saturated heterocycles. The fraction of sp³-hybridized carbons (Fsp3) is 0.750. The minimum atomic E-state index is -0.418. The summed E-state index contributed by atoms with van der Waals surface area (Å²) in [5.74, 6) is 0.0875. The smallest absolute Gasteiger partial charge is 0.240 e. The summed E-state index contributed by atoms with van der Waals surface area (Å²) in [4.78, 5) is 14.4. The second kappa shape index (κ2) is 5.48. The van der Waals surface area contributed by atoms with Gasteiger partial charge in [-0.3, -0.25) is 14.4 Å². The molecule has 0 saturated carbocycles. The first kappa shape index (κ1) is 13.0. The van der Waals surface area contributed by atoms with E-state index in [4.69, 9.17) is 0 Å². The van der Waals surface area contributed by atoms with Crippen LogP contribution in [0.3, 0.4) is 0 Å². The van der Waals surface area contributed by atoms with Crippen LogP contribution >= 0.6 is 0 Å². The third-order valence-corrected chi connectivity index (χ3v) is 3.55. The first-order valence-electron chi connectivity index (χ1n) is 6.48.